The Bertz CT molecular complexity index is 1600. The van der Waals surface area contributed by atoms with Crippen LogP contribution in [0.2, 0.25) is 0 Å². The highest BCUT2D eigenvalue weighted by Crippen LogP contribution is 2.30. The number of anilines is 1. The Balaban J connectivity index is 1.36. The summed E-state index contributed by atoms with van der Waals surface area (Å²) < 4.78 is 35.9. The minimum Gasteiger partial charge on any atom is -0.476 e. The highest BCUT2D eigenvalue weighted by molar-refractivity contribution is 6.03. The average molecular weight is 595 g/mol. The lowest BCUT2D eigenvalue weighted by molar-refractivity contribution is -0.862. The Kier molecular flexibility index (Phi) is 9.10. The Hall–Kier alpha value is -4.83. The van der Waals surface area contributed by atoms with Crippen LogP contribution in [-0.2, 0) is 11.8 Å². The van der Waals surface area contributed by atoms with Gasteiger partial charge in [0.05, 0.1) is 33.0 Å². The number of nitriles is 1. The molecule has 1 fully saturated rings. The summed E-state index contributed by atoms with van der Waals surface area (Å²) in [5.74, 6) is -3.75. The number of halogens is 2. The summed E-state index contributed by atoms with van der Waals surface area (Å²) in [5.41, 5.74) is 1.53. The van der Waals surface area contributed by atoms with Crippen LogP contribution >= 0.6 is 0 Å². The Morgan fingerprint density at radius 2 is 1.77 bits per heavy atom. The summed E-state index contributed by atoms with van der Waals surface area (Å²) >= 11 is 0. The predicted molar refractivity (Wildman–Crippen MR) is 154 cm³/mol. The normalized spacial score (nSPS) is 16.0. The van der Waals surface area contributed by atoms with Crippen molar-refractivity contribution in [2.45, 2.75) is 31.8 Å². The summed E-state index contributed by atoms with van der Waals surface area (Å²) in [6, 6.07) is 9.01. The molecule has 1 aromatic heterocycles. The van der Waals surface area contributed by atoms with E-state index in [9.17, 15) is 23.2 Å². The Morgan fingerprint density at radius 3 is 2.42 bits per heavy atom. The first-order valence-electron chi connectivity index (χ1n) is 13.6. The van der Waals surface area contributed by atoms with Crippen molar-refractivity contribution in [3.8, 4) is 23.1 Å². The predicted octanol–water partition coefficient (Wildman–Crippen LogP) is 2.91. The van der Waals surface area contributed by atoms with Crippen molar-refractivity contribution in [1.29, 1.82) is 5.26 Å². The first-order chi connectivity index (χ1) is 20.3. The van der Waals surface area contributed by atoms with Gasteiger partial charge in [0.1, 0.15) is 6.07 Å². The largest absolute Gasteiger partial charge is 0.476 e. The van der Waals surface area contributed by atoms with Gasteiger partial charge in [-0.2, -0.15) is 9.65 Å². The molecule has 13 heteroatoms. The molecule has 3 aromatic rings. The highest BCUT2D eigenvalue weighted by Gasteiger charge is 2.32. The van der Waals surface area contributed by atoms with Gasteiger partial charge < -0.3 is 29.7 Å². The number of hydrogen-bond acceptors (Lipinski definition) is 6. The van der Waals surface area contributed by atoms with Gasteiger partial charge in [-0.3, -0.25) is 14.4 Å². The summed E-state index contributed by atoms with van der Waals surface area (Å²) in [5, 5.41) is 17.3. The van der Waals surface area contributed by atoms with E-state index < -0.39 is 29.9 Å². The van der Waals surface area contributed by atoms with Crippen LogP contribution in [0, 0.1) is 29.9 Å². The van der Waals surface area contributed by atoms with Crippen LogP contribution in [0.3, 0.4) is 0 Å². The Labute approximate surface area is 248 Å². The highest BCUT2D eigenvalue weighted by atomic mass is 19.2. The van der Waals surface area contributed by atoms with Gasteiger partial charge in [0.25, 0.3) is 17.7 Å². The standard InChI is InChI=1S/C30H33F2N7O4/c1-17-12-18(6-7-21(17)29(41)37-20-13-19(14-20)35-25(40)16-39(3,4)5)36-30(42)28-34-15-23(38(28)2)22-8-9-24(43-11-10-33)27(32)26(22)31/h6-9,12,15,19-20H,11,13-14,16H2,1-5H3,(H2-,35,36,37,40,41,42)/p+1. The summed E-state index contributed by atoms with van der Waals surface area (Å²) in [6.07, 6.45) is 2.56. The number of carbonyl (C=O) groups excluding carboxylic acids is 3. The molecular formula is C30H34F2N7O4+. The number of nitrogens with zero attached hydrogens (tertiary/aromatic N) is 4. The van der Waals surface area contributed by atoms with E-state index in [1.165, 1.54) is 29.9 Å². The lowest BCUT2D eigenvalue weighted by atomic mass is 9.86. The van der Waals surface area contributed by atoms with E-state index >= 15 is 0 Å². The molecular weight excluding hydrogens is 560 g/mol. The molecule has 0 bridgehead atoms. The van der Waals surface area contributed by atoms with Crippen LogP contribution < -0.4 is 20.7 Å². The van der Waals surface area contributed by atoms with Crippen molar-refractivity contribution >= 4 is 23.4 Å². The Morgan fingerprint density at radius 1 is 1.07 bits per heavy atom. The van der Waals surface area contributed by atoms with Gasteiger partial charge >= 0.3 is 0 Å². The second-order valence-corrected chi connectivity index (χ2v) is 11.6. The van der Waals surface area contributed by atoms with Crippen LogP contribution in [0.25, 0.3) is 11.3 Å². The molecule has 1 aliphatic rings. The number of nitrogens with one attached hydrogen (secondary N) is 3. The number of amides is 3. The quantitative estimate of drug-likeness (QED) is 0.309. The van der Waals surface area contributed by atoms with E-state index in [4.69, 9.17) is 10.00 Å². The zero-order valence-electron chi connectivity index (χ0n) is 24.6. The molecule has 3 amide bonds. The molecule has 0 aliphatic heterocycles. The number of likely N-dealkylation sites (N-methyl/N-ethyl adjacent to an activating group) is 1. The van der Waals surface area contributed by atoms with Gasteiger partial charge in [-0.15, -0.1) is 0 Å². The first kappa shape index (κ1) is 31.1. The lowest BCUT2D eigenvalue weighted by Gasteiger charge is -2.37. The number of aryl methyl sites for hydroxylation is 1. The smallest absolute Gasteiger partial charge is 0.291 e. The maximum absolute atomic E-state index is 14.8. The minimum absolute atomic E-state index is 0.0180. The molecule has 0 saturated heterocycles. The fourth-order valence-corrected chi connectivity index (χ4v) is 4.83. The van der Waals surface area contributed by atoms with Gasteiger partial charge in [-0.05, 0) is 55.7 Å². The molecule has 11 nitrogen and oxygen atoms in total. The zero-order valence-corrected chi connectivity index (χ0v) is 24.6. The van der Waals surface area contributed by atoms with Crippen molar-refractivity contribution in [3.05, 3.63) is 65.1 Å². The lowest BCUT2D eigenvalue weighted by Crippen LogP contribution is -2.56. The summed E-state index contributed by atoms with van der Waals surface area (Å²) in [4.78, 5) is 42.1. The van der Waals surface area contributed by atoms with Crippen molar-refractivity contribution in [2.75, 3.05) is 39.6 Å². The van der Waals surface area contributed by atoms with Crippen LogP contribution in [0.5, 0.6) is 5.75 Å². The van der Waals surface area contributed by atoms with Gasteiger partial charge in [0.15, 0.2) is 30.5 Å². The third-order valence-electron chi connectivity index (χ3n) is 6.99. The molecule has 1 heterocycles. The van der Waals surface area contributed by atoms with E-state index in [1.54, 1.807) is 31.2 Å². The number of ether oxygens (including phenoxy) is 1. The number of imidazole rings is 1. The molecule has 1 saturated carbocycles. The van der Waals surface area contributed by atoms with Crippen LogP contribution in [-0.4, -0.2) is 78.1 Å². The molecule has 0 atom stereocenters. The molecule has 1 aliphatic carbocycles. The maximum atomic E-state index is 14.8. The number of benzene rings is 2. The van der Waals surface area contributed by atoms with Crippen LogP contribution in [0.1, 0.15) is 39.4 Å². The maximum Gasteiger partial charge on any atom is 0.291 e. The van der Waals surface area contributed by atoms with E-state index in [1.807, 2.05) is 21.1 Å². The molecule has 43 heavy (non-hydrogen) atoms. The van der Waals surface area contributed by atoms with E-state index in [-0.39, 0.29) is 41.0 Å². The molecule has 2 aromatic carbocycles. The number of hydrogen-bond donors (Lipinski definition) is 3. The third-order valence-corrected chi connectivity index (χ3v) is 6.99. The number of aromatic nitrogens is 2. The van der Waals surface area contributed by atoms with Gasteiger partial charge in [-0.1, -0.05) is 0 Å². The third kappa shape index (κ3) is 7.34. The summed E-state index contributed by atoms with van der Waals surface area (Å²) in [6.45, 7) is 1.69. The van der Waals surface area contributed by atoms with E-state index in [0.717, 1.165) is 0 Å². The average Bonchev–Trinajstić information content (AvgIpc) is 3.28. The molecule has 0 unspecified atom stereocenters. The monoisotopic (exact) mass is 594 g/mol. The molecule has 0 spiro atoms. The second kappa shape index (κ2) is 12.6. The first-order valence-corrected chi connectivity index (χ1v) is 13.6. The van der Waals surface area contributed by atoms with E-state index in [2.05, 4.69) is 20.9 Å². The van der Waals surface area contributed by atoms with E-state index in [0.29, 0.717) is 40.7 Å². The minimum atomic E-state index is -1.25. The molecule has 4 rings (SSSR count). The van der Waals surface area contributed by atoms with Crippen molar-refractivity contribution < 1.29 is 32.4 Å². The molecule has 3 N–H and O–H groups in total. The van der Waals surface area contributed by atoms with Gasteiger partial charge in [0.2, 0.25) is 5.82 Å². The molecule has 0 radical (unpaired) electrons. The zero-order chi connectivity index (χ0) is 31.5. The van der Waals surface area contributed by atoms with Crippen molar-refractivity contribution in [1.82, 2.24) is 20.2 Å². The van der Waals surface area contributed by atoms with Crippen molar-refractivity contribution in [3.63, 3.8) is 0 Å². The van der Waals surface area contributed by atoms with Crippen LogP contribution in [0.15, 0.2) is 36.5 Å². The SMILES string of the molecule is Cc1cc(NC(=O)c2ncc(-c3ccc(OCC#N)c(F)c3F)n2C)ccc1C(=O)NC1CC(NC(=O)C[N+](C)(C)C)C1. The van der Waals surface area contributed by atoms with Crippen molar-refractivity contribution in [2.24, 2.45) is 7.05 Å². The number of carbonyl (C=O) groups is 3. The fourth-order valence-electron chi connectivity index (χ4n) is 4.83. The van der Waals surface area contributed by atoms with Crippen LogP contribution in [0.4, 0.5) is 14.5 Å². The second-order valence-electron chi connectivity index (χ2n) is 11.6. The number of quaternary nitrogens is 1. The number of rotatable bonds is 10. The van der Waals surface area contributed by atoms with Gasteiger partial charge in [0, 0.05) is 35.9 Å². The van der Waals surface area contributed by atoms with Gasteiger partial charge in [-0.25, -0.2) is 9.37 Å². The summed E-state index contributed by atoms with van der Waals surface area (Å²) in [7, 11) is 7.33. The fraction of sp³-hybridized carbons (Fsp3) is 0.367. The topological polar surface area (TPSA) is 138 Å². The molecule has 226 valence electrons.